The number of ether oxygens (including phenoxy) is 1. The highest BCUT2D eigenvalue weighted by molar-refractivity contribution is 5.27. The van der Waals surface area contributed by atoms with Gasteiger partial charge in [0.25, 0.3) is 0 Å². The van der Waals surface area contributed by atoms with Gasteiger partial charge in [-0.05, 0) is 37.6 Å². The molecule has 0 aliphatic rings. The van der Waals surface area contributed by atoms with Crippen LogP contribution in [-0.4, -0.2) is 12.6 Å². The maximum Gasteiger partial charge on any atom is 0.181 e. The van der Waals surface area contributed by atoms with Gasteiger partial charge in [-0.15, -0.1) is 0 Å². The molecule has 1 unspecified atom stereocenters. The third-order valence-electron chi connectivity index (χ3n) is 2.17. The largest absolute Gasteiger partial charge is 0.476 e. The molecule has 0 saturated carbocycles. The number of rotatable bonds is 6. The van der Waals surface area contributed by atoms with Gasteiger partial charge in [-0.25, -0.2) is 0 Å². The summed E-state index contributed by atoms with van der Waals surface area (Å²) in [5.74, 6) is 0.744. The minimum atomic E-state index is -0.399. The fraction of sp³-hybridized carbons (Fsp3) is 0.462. The molecule has 0 radical (unpaired) electrons. The smallest absolute Gasteiger partial charge is 0.181 e. The molecule has 0 fully saturated rings. The molecule has 0 amide bonds. The number of nitriles is 1. The van der Waals surface area contributed by atoms with Crippen LogP contribution in [0.15, 0.2) is 24.3 Å². The second-order valence-electron chi connectivity index (χ2n) is 3.71. The molecular formula is C13H18N2O. The molecule has 3 heteroatoms. The molecule has 1 atom stereocenters. The van der Waals surface area contributed by atoms with Crippen LogP contribution in [0.4, 0.5) is 0 Å². The summed E-state index contributed by atoms with van der Waals surface area (Å²) in [7, 11) is 0. The molecule has 0 bridgehead atoms. The van der Waals surface area contributed by atoms with Gasteiger partial charge in [0.15, 0.2) is 6.10 Å². The van der Waals surface area contributed by atoms with E-state index < -0.39 is 6.10 Å². The Morgan fingerprint density at radius 3 is 2.62 bits per heavy atom. The van der Waals surface area contributed by atoms with Crippen molar-refractivity contribution >= 4 is 0 Å². The molecule has 0 aromatic heterocycles. The van der Waals surface area contributed by atoms with E-state index in [-0.39, 0.29) is 0 Å². The van der Waals surface area contributed by atoms with Crippen molar-refractivity contribution in [2.24, 2.45) is 0 Å². The average Bonchev–Trinajstić information content (AvgIpc) is 2.31. The summed E-state index contributed by atoms with van der Waals surface area (Å²) in [6.45, 7) is 5.79. The number of hydrogen-bond donors (Lipinski definition) is 1. The molecular weight excluding hydrogens is 200 g/mol. The van der Waals surface area contributed by atoms with Crippen molar-refractivity contribution in [1.82, 2.24) is 5.32 Å². The van der Waals surface area contributed by atoms with Crippen LogP contribution >= 0.6 is 0 Å². The van der Waals surface area contributed by atoms with Crippen molar-refractivity contribution in [1.29, 1.82) is 5.26 Å². The van der Waals surface area contributed by atoms with Gasteiger partial charge in [-0.3, -0.25) is 0 Å². The summed E-state index contributed by atoms with van der Waals surface area (Å²) < 4.78 is 5.36. The molecule has 1 N–H and O–H groups in total. The molecule has 1 rings (SSSR count). The molecule has 1 aromatic rings. The topological polar surface area (TPSA) is 45.0 Å². The maximum atomic E-state index is 8.61. The van der Waals surface area contributed by atoms with Gasteiger partial charge in [0.2, 0.25) is 0 Å². The Labute approximate surface area is 97.0 Å². The van der Waals surface area contributed by atoms with E-state index in [0.717, 1.165) is 25.3 Å². The summed E-state index contributed by atoms with van der Waals surface area (Å²) >= 11 is 0. The summed E-state index contributed by atoms with van der Waals surface area (Å²) in [4.78, 5) is 0. The first-order valence-corrected chi connectivity index (χ1v) is 5.62. The van der Waals surface area contributed by atoms with E-state index in [4.69, 9.17) is 10.00 Å². The number of hydrogen-bond acceptors (Lipinski definition) is 3. The van der Waals surface area contributed by atoms with Crippen molar-refractivity contribution in [3.8, 4) is 11.8 Å². The third-order valence-corrected chi connectivity index (χ3v) is 2.17. The van der Waals surface area contributed by atoms with Crippen molar-refractivity contribution in [2.75, 3.05) is 6.54 Å². The molecule has 86 valence electrons. The summed E-state index contributed by atoms with van der Waals surface area (Å²) in [6, 6.07) is 9.87. The van der Waals surface area contributed by atoms with Gasteiger partial charge in [0, 0.05) is 6.54 Å². The molecule has 16 heavy (non-hydrogen) atoms. The summed E-state index contributed by atoms with van der Waals surface area (Å²) in [6.07, 6.45) is 0.741. The third kappa shape index (κ3) is 4.33. The van der Waals surface area contributed by atoms with E-state index >= 15 is 0 Å². The second kappa shape index (κ2) is 6.86. The first-order chi connectivity index (χ1) is 7.76. The van der Waals surface area contributed by atoms with E-state index in [2.05, 4.69) is 12.2 Å². The number of benzene rings is 1. The van der Waals surface area contributed by atoms with Crippen LogP contribution in [-0.2, 0) is 6.54 Å². The zero-order valence-corrected chi connectivity index (χ0v) is 9.86. The van der Waals surface area contributed by atoms with E-state index in [1.54, 1.807) is 6.92 Å². The normalized spacial score (nSPS) is 11.8. The Balaban J connectivity index is 2.45. The standard InChI is InChI=1S/C13H18N2O/c1-3-8-15-10-12-4-6-13(7-5-12)16-11(2)9-14/h4-7,11,15H,3,8,10H2,1-2H3. The van der Waals surface area contributed by atoms with Gasteiger partial charge < -0.3 is 10.1 Å². The second-order valence-corrected chi connectivity index (χ2v) is 3.71. The van der Waals surface area contributed by atoms with Crippen molar-refractivity contribution in [2.45, 2.75) is 32.9 Å². The molecule has 3 nitrogen and oxygen atoms in total. The summed E-state index contributed by atoms with van der Waals surface area (Å²) in [5, 5.41) is 11.9. The summed E-state index contributed by atoms with van der Waals surface area (Å²) in [5.41, 5.74) is 1.23. The molecule has 0 saturated heterocycles. The average molecular weight is 218 g/mol. The Morgan fingerprint density at radius 1 is 1.38 bits per heavy atom. The van der Waals surface area contributed by atoms with Crippen LogP contribution in [0.2, 0.25) is 0 Å². The SMILES string of the molecule is CCCNCc1ccc(OC(C)C#N)cc1. The maximum absolute atomic E-state index is 8.61. The van der Waals surface area contributed by atoms with Crippen LogP contribution in [0.1, 0.15) is 25.8 Å². The zero-order chi connectivity index (χ0) is 11.8. The first kappa shape index (κ1) is 12.5. The van der Waals surface area contributed by atoms with Gasteiger partial charge >= 0.3 is 0 Å². The molecule has 1 aromatic carbocycles. The fourth-order valence-electron chi connectivity index (χ4n) is 1.33. The number of nitrogens with zero attached hydrogens (tertiary/aromatic N) is 1. The highest BCUT2D eigenvalue weighted by Gasteiger charge is 2.00. The highest BCUT2D eigenvalue weighted by Crippen LogP contribution is 2.13. The molecule has 0 spiro atoms. The van der Waals surface area contributed by atoms with E-state index in [0.29, 0.717) is 0 Å². The monoisotopic (exact) mass is 218 g/mol. The van der Waals surface area contributed by atoms with E-state index in [1.165, 1.54) is 5.56 Å². The Kier molecular flexibility index (Phi) is 5.38. The first-order valence-electron chi connectivity index (χ1n) is 5.62. The van der Waals surface area contributed by atoms with Crippen molar-refractivity contribution in [3.05, 3.63) is 29.8 Å². The van der Waals surface area contributed by atoms with Gasteiger partial charge in [-0.1, -0.05) is 19.1 Å². The zero-order valence-electron chi connectivity index (χ0n) is 9.86. The van der Waals surface area contributed by atoms with Crippen molar-refractivity contribution in [3.63, 3.8) is 0 Å². The van der Waals surface area contributed by atoms with Crippen LogP contribution in [0.5, 0.6) is 5.75 Å². The van der Waals surface area contributed by atoms with Gasteiger partial charge in [0.1, 0.15) is 11.8 Å². The van der Waals surface area contributed by atoms with Gasteiger partial charge in [-0.2, -0.15) is 5.26 Å². The van der Waals surface area contributed by atoms with Crippen LogP contribution in [0, 0.1) is 11.3 Å². The Hall–Kier alpha value is -1.53. The Morgan fingerprint density at radius 2 is 2.06 bits per heavy atom. The predicted molar refractivity (Wildman–Crippen MR) is 64.1 cm³/mol. The fourth-order valence-corrected chi connectivity index (χ4v) is 1.33. The molecule has 0 heterocycles. The molecule has 0 aliphatic carbocycles. The quantitative estimate of drug-likeness (QED) is 0.746. The molecule has 0 aliphatic heterocycles. The predicted octanol–water partition coefficient (Wildman–Crippen LogP) is 2.48. The van der Waals surface area contributed by atoms with E-state index in [9.17, 15) is 0 Å². The number of nitrogens with one attached hydrogen (secondary N) is 1. The highest BCUT2D eigenvalue weighted by atomic mass is 16.5. The lowest BCUT2D eigenvalue weighted by molar-refractivity contribution is 0.276. The van der Waals surface area contributed by atoms with Crippen molar-refractivity contribution < 1.29 is 4.74 Å². The lowest BCUT2D eigenvalue weighted by atomic mass is 10.2. The van der Waals surface area contributed by atoms with Crippen LogP contribution < -0.4 is 10.1 Å². The lowest BCUT2D eigenvalue weighted by Crippen LogP contribution is -2.13. The lowest BCUT2D eigenvalue weighted by Gasteiger charge is -2.08. The van der Waals surface area contributed by atoms with Crippen LogP contribution in [0.25, 0.3) is 0 Å². The van der Waals surface area contributed by atoms with E-state index in [1.807, 2.05) is 30.3 Å². The Bertz CT molecular complexity index is 340. The van der Waals surface area contributed by atoms with Crippen LogP contribution in [0.3, 0.4) is 0 Å². The minimum Gasteiger partial charge on any atom is -0.476 e. The minimum absolute atomic E-state index is 0.399. The van der Waals surface area contributed by atoms with Gasteiger partial charge in [0.05, 0.1) is 0 Å².